The molecule has 3 fully saturated rings. The molecule has 1 saturated carbocycles. The molecule has 3 aliphatic rings. The standard InChI is InChI=1S/C22H28N4O/c1-14-3-6-20-19(11-14)15(2)23-22(24-20)25-9-7-17(8-10-25)21(27)26-13-16-4-5-18(26)12-16/h3,6,11,16-18H,4-5,7-10,12-13H2,1-2H3/t16-,18+/m1/s1. The number of amides is 1. The molecule has 0 radical (unpaired) electrons. The van der Waals surface area contributed by atoms with Gasteiger partial charge in [0.05, 0.1) is 11.2 Å². The lowest BCUT2D eigenvalue weighted by Gasteiger charge is -2.36. The summed E-state index contributed by atoms with van der Waals surface area (Å²) in [7, 11) is 0. The van der Waals surface area contributed by atoms with Crippen LogP contribution >= 0.6 is 0 Å². The maximum atomic E-state index is 13.0. The summed E-state index contributed by atoms with van der Waals surface area (Å²) >= 11 is 0. The van der Waals surface area contributed by atoms with Crippen LogP contribution in [0.25, 0.3) is 10.9 Å². The SMILES string of the molecule is Cc1ccc2nc(N3CCC(C(=O)N4C[C@@H]5CC[C@H]4C5)CC3)nc(C)c2c1. The first-order valence-electron chi connectivity index (χ1n) is 10.4. The topological polar surface area (TPSA) is 49.3 Å². The van der Waals surface area contributed by atoms with E-state index in [4.69, 9.17) is 9.97 Å². The lowest BCUT2D eigenvalue weighted by molar-refractivity contribution is -0.137. The van der Waals surface area contributed by atoms with Gasteiger partial charge in [-0.1, -0.05) is 11.6 Å². The molecule has 0 unspecified atom stereocenters. The molecule has 1 aromatic carbocycles. The van der Waals surface area contributed by atoms with E-state index in [2.05, 4.69) is 41.8 Å². The minimum atomic E-state index is 0.185. The largest absolute Gasteiger partial charge is 0.341 e. The number of fused-ring (bicyclic) bond motifs is 3. The van der Waals surface area contributed by atoms with E-state index < -0.39 is 0 Å². The maximum Gasteiger partial charge on any atom is 0.226 e. The summed E-state index contributed by atoms with van der Waals surface area (Å²) in [6.07, 6.45) is 5.63. The van der Waals surface area contributed by atoms with Crippen LogP contribution < -0.4 is 4.90 Å². The van der Waals surface area contributed by atoms with E-state index in [9.17, 15) is 4.79 Å². The molecule has 5 rings (SSSR count). The monoisotopic (exact) mass is 364 g/mol. The summed E-state index contributed by atoms with van der Waals surface area (Å²) in [5, 5.41) is 1.13. The van der Waals surface area contributed by atoms with Crippen LogP contribution in [0.15, 0.2) is 18.2 Å². The van der Waals surface area contributed by atoms with E-state index in [0.29, 0.717) is 11.9 Å². The highest BCUT2D eigenvalue weighted by molar-refractivity contribution is 5.83. The highest BCUT2D eigenvalue weighted by Crippen LogP contribution is 2.39. The fraction of sp³-hybridized carbons (Fsp3) is 0.591. The van der Waals surface area contributed by atoms with E-state index in [1.165, 1.54) is 24.8 Å². The Morgan fingerprint density at radius 2 is 1.89 bits per heavy atom. The number of aromatic nitrogens is 2. The fourth-order valence-electron chi connectivity index (χ4n) is 5.28. The quantitative estimate of drug-likeness (QED) is 0.819. The second kappa shape index (κ2) is 6.47. The summed E-state index contributed by atoms with van der Waals surface area (Å²) in [6, 6.07) is 6.88. The van der Waals surface area contributed by atoms with Crippen molar-refractivity contribution < 1.29 is 4.79 Å². The molecule has 0 N–H and O–H groups in total. The first-order chi connectivity index (χ1) is 13.1. The summed E-state index contributed by atoms with van der Waals surface area (Å²) in [5.74, 6) is 2.18. The number of carbonyl (C=O) groups is 1. The molecule has 1 aliphatic carbocycles. The van der Waals surface area contributed by atoms with Gasteiger partial charge in [0.25, 0.3) is 0 Å². The third-order valence-corrected chi connectivity index (χ3v) is 6.85. The summed E-state index contributed by atoms with van der Waals surface area (Å²) in [4.78, 5) is 27.0. The summed E-state index contributed by atoms with van der Waals surface area (Å²) in [6.45, 7) is 6.91. The molecular formula is C22H28N4O. The molecule has 0 spiro atoms. The van der Waals surface area contributed by atoms with Crippen molar-refractivity contribution in [2.24, 2.45) is 11.8 Å². The van der Waals surface area contributed by atoms with Crippen LogP contribution in [0.3, 0.4) is 0 Å². The van der Waals surface area contributed by atoms with Crippen molar-refractivity contribution in [1.82, 2.24) is 14.9 Å². The predicted octanol–water partition coefficient (Wildman–Crippen LogP) is 3.47. The Morgan fingerprint density at radius 1 is 1.07 bits per heavy atom. The van der Waals surface area contributed by atoms with Gasteiger partial charge in [-0.2, -0.15) is 0 Å². The van der Waals surface area contributed by atoms with E-state index >= 15 is 0 Å². The molecule has 142 valence electrons. The molecule has 2 saturated heterocycles. The Morgan fingerprint density at radius 3 is 2.59 bits per heavy atom. The molecule has 5 heteroatoms. The van der Waals surface area contributed by atoms with Crippen molar-refractivity contribution >= 4 is 22.8 Å². The van der Waals surface area contributed by atoms with Gasteiger partial charge < -0.3 is 9.80 Å². The molecule has 2 atom stereocenters. The fourth-order valence-corrected chi connectivity index (χ4v) is 5.28. The Balaban J connectivity index is 1.28. The molecule has 2 bridgehead atoms. The smallest absolute Gasteiger partial charge is 0.226 e. The Hall–Kier alpha value is -2.17. The van der Waals surface area contributed by atoms with E-state index in [-0.39, 0.29) is 5.92 Å². The molecule has 2 aliphatic heterocycles. The predicted molar refractivity (Wildman–Crippen MR) is 107 cm³/mol. The summed E-state index contributed by atoms with van der Waals surface area (Å²) in [5.41, 5.74) is 3.27. The average Bonchev–Trinajstić information content (AvgIpc) is 3.31. The van der Waals surface area contributed by atoms with Crippen molar-refractivity contribution in [3.8, 4) is 0 Å². The van der Waals surface area contributed by atoms with E-state index in [1.807, 2.05) is 0 Å². The number of hydrogen-bond donors (Lipinski definition) is 0. The van der Waals surface area contributed by atoms with Crippen LogP contribution in [0.2, 0.25) is 0 Å². The van der Waals surface area contributed by atoms with Crippen molar-refractivity contribution in [3.05, 3.63) is 29.5 Å². The van der Waals surface area contributed by atoms with Crippen molar-refractivity contribution in [2.45, 2.75) is 52.0 Å². The van der Waals surface area contributed by atoms with Crippen LogP contribution in [-0.4, -0.2) is 46.5 Å². The molecule has 1 aromatic heterocycles. The third kappa shape index (κ3) is 2.97. The summed E-state index contributed by atoms with van der Waals surface area (Å²) < 4.78 is 0. The number of rotatable bonds is 2. The zero-order chi connectivity index (χ0) is 18.5. The van der Waals surface area contributed by atoms with E-state index in [1.54, 1.807) is 0 Å². The van der Waals surface area contributed by atoms with Gasteiger partial charge in [-0.3, -0.25) is 4.79 Å². The second-order valence-electron chi connectivity index (χ2n) is 8.71. The molecule has 3 heterocycles. The van der Waals surface area contributed by atoms with Gasteiger partial charge >= 0.3 is 0 Å². The average molecular weight is 364 g/mol. The number of carbonyl (C=O) groups excluding carboxylic acids is 1. The van der Waals surface area contributed by atoms with Crippen molar-refractivity contribution in [2.75, 3.05) is 24.5 Å². The number of benzene rings is 1. The van der Waals surface area contributed by atoms with Crippen LogP contribution in [0.5, 0.6) is 0 Å². The van der Waals surface area contributed by atoms with Gasteiger partial charge in [-0.05, 0) is 64.0 Å². The highest BCUT2D eigenvalue weighted by Gasteiger charge is 2.42. The molecular weight excluding hydrogens is 336 g/mol. The number of aryl methyl sites for hydroxylation is 2. The molecule has 27 heavy (non-hydrogen) atoms. The van der Waals surface area contributed by atoms with Crippen molar-refractivity contribution in [3.63, 3.8) is 0 Å². The number of piperidine rings is 2. The number of likely N-dealkylation sites (tertiary alicyclic amines) is 1. The van der Waals surface area contributed by atoms with Crippen LogP contribution in [0, 0.1) is 25.7 Å². The lowest BCUT2D eigenvalue weighted by Crippen LogP contribution is -2.45. The van der Waals surface area contributed by atoms with E-state index in [0.717, 1.165) is 60.9 Å². The zero-order valence-corrected chi connectivity index (χ0v) is 16.3. The van der Waals surface area contributed by atoms with Gasteiger partial charge in [0.2, 0.25) is 11.9 Å². The normalized spacial score (nSPS) is 25.6. The van der Waals surface area contributed by atoms with Gasteiger partial charge in [0.1, 0.15) is 0 Å². The van der Waals surface area contributed by atoms with Gasteiger partial charge in [-0.15, -0.1) is 0 Å². The first-order valence-corrected chi connectivity index (χ1v) is 10.4. The van der Waals surface area contributed by atoms with Gasteiger partial charge in [0.15, 0.2) is 0 Å². The third-order valence-electron chi connectivity index (χ3n) is 6.85. The highest BCUT2D eigenvalue weighted by atomic mass is 16.2. The molecule has 2 aromatic rings. The minimum Gasteiger partial charge on any atom is -0.341 e. The number of anilines is 1. The molecule has 1 amide bonds. The second-order valence-corrected chi connectivity index (χ2v) is 8.71. The van der Waals surface area contributed by atoms with Crippen LogP contribution in [0.1, 0.15) is 43.4 Å². The van der Waals surface area contributed by atoms with Gasteiger partial charge in [-0.25, -0.2) is 9.97 Å². The Bertz CT molecular complexity index is 887. The Labute approximate surface area is 160 Å². The lowest BCUT2D eigenvalue weighted by atomic mass is 9.94. The number of nitrogens with zero attached hydrogens (tertiary/aromatic N) is 4. The zero-order valence-electron chi connectivity index (χ0n) is 16.3. The van der Waals surface area contributed by atoms with Crippen molar-refractivity contribution in [1.29, 1.82) is 0 Å². The number of hydrogen-bond acceptors (Lipinski definition) is 4. The first kappa shape index (κ1) is 17.0. The Kier molecular flexibility index (Phi) is 4.06. The van der Waals surface area contributed by atoms with Crippen LogP contribution in [-0.2, 0) is 4.79 Å². The van der Waals surface area contributed by atoms with Crippen LogP contribution in [0.4, 0.5) is 5.95 Å². The maximum absolute atomic E-state index is 13.0. The molecule has 5 nitrogen and oxygen atoms in total. The van der Waals surface area contributed by atoms with Gasteiger partial charge in [0, 0.05) is 37.0 Å². The minimum absolute atomic E-state index is 0.185.